The van der Waals surface area contributed by atoms with Crippen LogP contribution in [0, 0.1) is 0 Å². The maximum atomic E-state index is 12.2. The number of hydrogen-bond acceptors (Lipinski definition) is 5. The Kier molecular flexibility index (Phi) is 5.48. The van der Waals surface area contributed by atoms with E-state index in [4.69, 9.17) is 16.1 Å². The Hall–Kier alpha value is -1.92. The van der Waals surface area contributed by atoms with Crippen molar-refractivity contribution < 1.29 is 9.32 Å². The number of amides is 1. The number of nitrogens with zero attached hydrogens (tertiary/aromatic N) is 3. The van der Waals surface area contributed by atoms with E-state index in [9.17, 15) is 4.79 Å². The number of carbonyl (C=O) groups excluding carboxylic acids is 1. The lowest BCUT2D eigenvalue weighted by Crippen LogP contribution is -2.47. The molecule has 1 fully saturated rings. The van der Waals surface area contributed by atoms with Crippen molar-refractivity contribution in [3.05, 3.63) is 35.2 Å². The molecule has 0 bridgehead atoms. The van der Waals surface area contributed by atoms with Gasteiger partial charge in [-0.15, -0.1) is 0 Å². The SMILES string of the molecule is CN1CCCC[C@H]1C(=O)NCCc1nc(-c2ccc(Cl)cc2)no1. The van der Waals surface area contributed by atoms with Crippen molar-refractivity contribution in [1.82, 2.24) is 20.4 Å². The van der Waals surface area contributed by atoms with Gasteiger partial charge >= 0.3 is 0 Å². The third-order valence-electron chi connectivity index (χ3n) is 4.28. The summed E-state index contributed by atoms with van der Waals surface area (Å²) in [6, 6.07) is 7.24. The highest BCUT2D eigenvalue weighted by Crippen LogP contribution is 2.19. The minimum atomic E-state index is -0.0222. The molecule has 24 heavy (non-hydrogen) atoms. The number of carbonyl (C=O) groups is 1. The second kappa shape index (κ2) is 7.77. The summed E-state index contributed by atoms with van der Waals surface area (Å²) in [5.74, 6) is 1.12. The van der Waals surface area contributed by atoms with Gasteiger partial charge in [0.1, 0.15) is 0 Å². The van der Waals surface area contributed by atoms with Crippen LogP contribution in [-0.2, 0) is 11.2 Å². The van der Waals surface area contributed by atoms with Crippen LogP contribution in [0.4, 0.5) is 0 Å². The fourth-order valence-electron chi connectivity index (χ4n) is 2.89. The summed E-state index contributed by atoms with van der Waals surface area (Å²) in [6.07, 6.45) is 3.71. The van der Waals surface area contributed by atoms with Gasteiger partial charge in [-0.05, 0) is 50.7 Å². The molecular weight excluding hydrogens is 328 g/mol. The van der Waals surface area contributed by atoms with Gasteiger partial charge in [0, 0.05) is 23.6 Å². The summed E-state index contributed by atoms with van der Waals surface area (Å²) in [7, 11) is 2.00. The molecule has 128 valence electrons. The molecule has 1 atom stereocenters. The number of rotatable bonds is 5. The molecule has 2 heterocycles. The summed E-state index contributed by atoms with van der Waals surface area (Å²) < 4.78 is 5.24. The predicted molar refractivity (Wildman–Crippen MR) is 91.7 cm³/mol. The van der Waals surface area contributed by atoms with E-state index in [-0.39, 0.29) is 11.9 Å². The first kappa shape index (κ1) is 16.9. The van der Waals surface area contributed by atoms with Crippen molar-refractivity contribution in [2.24, 2.45) is 0 Å². The van der Waals surface area contributed by atoms with Crippen LogP contribution in [-0.4, -0.2) is 47.1 Å². The van der Waals surface area contributed by atoms with E-state index in [1.54, 1.807) is 12.1 Å². The number of hydrogen-bond donors (Lipinski definition) is 1. The van der Waals surface area contributed by atoms with Gasteiger partial charge in [-0.25, -0.2) is 0 Å². The van der Waals surface area contributed by atoms with E-state index >= 15 is 0 Å². The fraction of sp³-hybridized carbons (Fsp3) is 0.471. The van der Waals surface area contributed by atoms with Gasteiger partial charge in [0.25, 0.3) is 0 Å². The van der Waals surface area contributed by atoms with Crippen molar-refractivity contribution >= 4 is 17.5 Å². The van der Waals surface area contributed by atoms with Crippen molar-refractivity contribution in [1.29, 1.82) is 0 Å². The van der Waals surface area contributed by atoms with Gasteiger partial charge in [-0.3, -0.25) is 9.69 Å². The maximum Gasteiger partial charge on any atom is 0.237 e. The molecule has 0 spiro atoms. The Labute approximate surface area is 146 Å². The zero-order chi connectivity index (χ0) is 16.9. The number of piperidine rings is 1. The van der Waals surface area contributed by atoms with Crippen LogP contribution in [0.5, 0.6) is 0 Å². The van der Waals surface area contributed by atoms with Crippen LogP contribution in [0.2, 0.25) is 5.02 Å². The molecule has 3 rings (SSSR count). The Morgan fingerprint density at radius 3 is 2.92 bits per heavy atom. The van der Waals surface area contributed by atoms with Crippen LogP contribution < -0.4 is 5.32 Å². The van der Waals surface area contributed by atoms with Crippen LogP contribution >= 0.6 is 11.6 Å². The van der Waals surface area contributed by atoms with Crippen LogP contribution in [0.1, 0.15) is 25.2 Å². The smallest absolute Gasteiger partial charge is 0.237 e. The van der Waals surface area contributed by atoms with Gasteiger partial charge in [0.2, 0.25) is 17.6 Å². The van der Waals surface area contributed by atoms with Crippen LogP contribution in [0.25, 0.3) is 11.4 Å². The maximum absolute atomic E-state index is 12.2. The Morgan fingerprint density at radius 2 is 2.17 bits per heavy atom. The van der Waals surface area contributed by atoms with E-state index in [1.807, 2.05) is 19.2 Å². The number of likely N-dealkylation sites (tertiary alicyclic amines) is 1. The molecule has 0 saturated carbocycles. The first-order valence-corrected chi connectivity index (χ1v) is 8.58. The van der Waals surface area contributed by atoms with Crippen molar-refractivity contribution in [3.8, 4) is 11.4 Å². The van der Waals surface area contributed by atoms with E-state index in [0.717, 1.165) is 31.4 Å². The molecule has 2 aromatic rings. The lowest BCUT2D eigenvalue weighted by molar-refractivity contribution is -0.126. The average Bonchev–Trinajstić information content (AvgIpc) is 3.04. The second-order valence-corrected chi connectivity index (χ2v) is 6.49. The van der Waals surface area contributed by atoms with Gasteiger partial charge in [0.05, 0.1) is 6.04 Å². The first-order chi connectivity index (χ1) is 11.6. The second-order valence-electron chi connectivity index (χ2n) is 6.05. The normalized spacial score (nSPS) is 18.5. The highest BCUT2D eigenvalue weighted by Gasteiger charge is 2.25. The standard InChI is InChI=1S/C17H21ClN4O2/c1-22-11-3-2-4-14(22)17(23)19-10-9-15-20-16(21-24-15)12-5-7-13(18)8-6-12/h5-8,14H,2-4,9-11H2,1H3,(H,19,23)/t14-/m0/s1. The third kappa shape index (κ3) is 4.13. The van der Waals surface area contributed by atoms with Crippen LogP contribution in [0.3, 0.4) is 0 Å². The van der Waals surface area contributed by atoms with E-state index in [0.29, 0.717) is 29.7 Å². The van der Waals surface area contributed by atoms with E-state index in [2.05, 4.69) is 20.4 Å². The Bertz CT molecular complexity index is 686. The van der Waals surface area contributed by atoms with Crippen molar-refractivity contribution in [2.45, 2.75) is 31.7 Å². The number of halogens is 1. The molecule has 1 aliphatic rings. The Morgan fingerprint density at radius 1 is 1.38 bits per heavy atom. The first-order valence-electron chi connectivity index (χ1n) is 8.20. The van der Waals surface area contributed by atoms with Gasteiger partial charge in [0.15, 0.2) is 0 Å². The molecule has 0 radical (unpaired) electrons. The minimum Gasteiger partial charge on any atom is -0.354 e. The van der Waals surface area contributed by atoms with E-state index in [1.165, 1.54) is 0 Å². The zero-order valence-corrected chi connectivity index (χ0v) is 14.4. The molecule has 1 saturated heterocycles. The minimum absolute atomic E-state index is 0.0222. The number of aromatic nitrogens is 2. The molecule has 6 nitrogen and oxygen atoms in total. The van der Waals surface area contributed by atoms with Gasteiger partial charge in [-0.2, -0.15) is 4.98 Å². The largest absolute Gasteiger partial charge is 0.354 e. The monoisotopic (exact) mass is 348 g/mol. The number of nitrogens with one attached hydrogen (secondary N) is 1. The predicted octanol–water partition coefficient (Wildman–Crippen LogP) is 2.53. The highest BCUT2D eigenvalue weighted by molar-refractivity contribution is 6.30. The fourth-order valence-corrected chi connectivity index (χ4v) is 3.02. The summed E-state index contributed by atoms with van der Waals surface area (Å²) in [5.41, 5.74) is 0.849. The van der Waals surface area contributed by atoms with Gasteiger partial charge < -0.3 is 9.84 Å². The van der Waals surface area contributed by atoms with E-state index < -0.39 is 0 Å². The van der Waals surface area contributed by atoms with Gasteiger partial charge in [-0.1, -0.05) is 23.2 Å². The summed E-state index contributed by atoms with van der Waals surface area (Å²) in [6.45, 7) is 1.47. The van der Waals surface area contributed by atoms with Crippen molar-refractivity contribution in [3.63, 3.8) is 0 Å². The molecule has 1 aromatic heterocycles. The molecule has 0 aliphatic carbocycles. The molecule has 1 aliphatic heterocycles. The summed E-state index contributed by atoms with van der Waals surface area (Å²) >= 11 is 5.87. The average molecular weight is 349 g/mol. The molecule has 1 amide bonds. The molecule has 1 aromatic carbocycles. The summed E-state index contributed by atoms with van der Waals surface area (Å²) in [5, 5.41) is 7.59. The quantitative estimate of drug-likeness (QED) is 0.899. The number of likely N-dealkylation sites (N-methyl/N-ethyl adjacent to an activating group) is 1. The lowest BCUT2D eigenvalue weighted by Gasteiger charge is -2.31. The zero-order valence-electron chi connectivity index (χ0n) is 13.7. The Balaban J connectivity index is 1.50. The summed E-state index contributed by atoms with van der Waals surface area (Å²) in [4.78, 5) is 18.7. The topological polar surface area (TPSA) is 71.3 Å². The third-order valence-corrected chi connectivity index (χ3v) is 4.53. The molecule has 1 N–H and O–H groups in total. The molecule has 7 heteroatoms. The van der Waals surface area contributed by atoms with Crippen molar-refractivity contribution in [2.75, 3.05) is 20.1 Å². The molecular formula is C17H21ClN4O2. The lowest BCUT2D eigenvalue weighted by atomic mass is 10.0. The highest BCUT2D eigenvalue weighted by atomic mass is 35.5. The number of benzene rings is 1. The molecule has 0 unspecified atom stereocenters. The van der Waals surface area contributed by atoms with Crippen LogP contribution in [0.15, 0.2) is 28.8 Å².